The van der Waals surface area contributed by atoms with Crippen molar-refractivity contribution in [2.45, 2.75) is 26.2 Å². The lowest BCUT2D eigenvalue weighted by molar-refractivity contribution is -0.131. The van der Waals surface area contributed by atoms with Gasteiger partial charge in [-0.15, -0.1) is 0 Å². The third kappa shape index (κ3) is 4.25. The summed E-state index contributed by atoms with van der Waals surface area (Å²) >= 11 is 0. The molecule has 2 N–H and O–H groups in total. The third-order valence-corrected chi connectivity index (χ3v) is 3.13. The molecule has 0 radical (unpaired) electrons. The quantitative estimate of drug-likeness (QED) is 0.799. The monoisotopic (exact) mass is 259 g/mol. The number of aliphatic carboxylic acids is 1. The van der Waals surface area contributed by atoms with Crippen LogP contribution in [-0.2, 0) is 9.59 Å². The fourth-order valence-corrected chi connectivity index (χ4v) is 1.90. The molecule has 2 rings (SSSR count). The number of hydrogen-bond acceptors (Lipinski definition) is 2. The lowest BCUT2D eigenvalue weighted by Crippen LogP contribution is -2.12. The number of carboxylic acid groups (broad SMARTS) is 1. The Morgan fingerprint density at radius 1 is 1.42 bits per heavy atom. The van der Waals surface area contributed by atoms with Gasteiger partial charge in [0.25, 0.3) is 0 Å². The van der Waals surface area contributed by atoms with E-state index in [0.717, 1.165) is 35.7 Å². The van der Waals surface area contributed by atoms with Crippen molar-refractivity contribution in [2.24, 2.45) is 5.92 Å². The van der Waals surface area contributed by atoms with E-state index in [1.807, 2.05) is 19.1 Å². The average Bonchev–Trinajstić information content (AvgIpc) is 3.11. The molecule has 1 aliphatic carbocycles. The van der Waals surface area contributed by atoms with Gasteiger partial charge >= 0.3 is 5.97 Å². The largest absolute Gasteiger partial charge is 0.478 e. The second kappa shape index (κ2) is 5.69. The summed E-state index contributed by atoms with van der Waals surface area (Å²) in [6.45, 7) is 1.89. The number of amides is 1. The Bertz CT molecular complexity index is 530. The first-order valence-corrected chi connectivity index (χ1v) is 6.36. The van der Waals surface area contributed by atoms with Crippen molar-refractivity contribution in [3.05, 3.63) is 35.4 Å². The molecule has 0 unspecified atom stereocenters. The summed E-state index contributed by atoms with van der Waals surface area (Å²) in [5, 5.41) is 11.5. The molecule has 0 atom stereocenters. The highest BCUT2D eigenvalue weighted by molar-refractivity contribution is 5.91. The van der Waals surface area contributed by atoms with Gasteiger partial charge < -0.3 is 10.4 Å². The van der Waals surface area contributed by atoms with E-state index < -0.39 is 5.97 Å². The maximum atomic E-state index is 11.7. The molecule has 0 aliphatic heterocycles. The highest BCUT2D eigenvalue weighted by atomic mass is 16.4. The van der Waals surface area contributed by atoms with Crippen molar-refractivity contribution in [3.8, 4) is 0 Å². The molecular weight excluding hydrogens is 242 g/mol. The molecule has 19 heavy (non-hydrogen) atoms. The van der Waals surface area contributed by atoms with Crippen LogP contribution in [-0.4, -0.2) is 17.0 Å². The van der Waals surface area contributed by atoms with Crippen LogP contribution in [0.5, 0.6) is 0 Å². The van der Waals surface area contributed by atoms with Gasteiger partial charge in [-0.2, -0.15) is 0 Å². The molecule has 1 saturated carbocycles. The van der Waals surface area contributed by atoms with Crippen LogP contribution in [0.3, 0.4) is 0 Å². The number of aryl methyl sites for hydroxylation is 1. The first-order valence-electron chi connectivity index (χ1n) is 6.36. The standard InChI is InChI=1S/C15H17NO3/c1-10-8-13(16-14(17)9-11-2-3-11)6-4-12(10)5-7-15(18)19/h4-8,11H,2-3,9H2,1H3,(H,16,17)(H,18,19). The van der Waals surface area contributed by atoms with Crippen molar-refractivity contribution < 1.29 is 14.7 Å². The number of hydrogen-bond donors (Lipinski definition) is 2. The summed E-state index contributed by atoms with van der Waals surface area (Å²) in [6.07, 6.45) is 5.57. The van der Waals surface area contributed by atoms with Crippen molar-refractivity contribution in [1.29, 1.82) is 0 Å². The molecule has 1 amide bonds. The van der Waals surface area contributed by atoms with E-state index in [2.05, 4.69) is 5.32 Å². The maximum Gasteiger partial charge on any atom is 0.328 e. The maximum absolute atomic E-state index is 11.7. The van der Waals surface area contributed by atoms with E-state index in [1.165, 1.54) is 0 Å². The van der Waals surface area contributed by atoms with E-state index in [-0.39, 0.29) is 5.91 Å². The number of rotatable bonds is 5. The molecule has 0 saturated heterocycles. The van der Waals surface area contributed by atoms with Gasteiger partial charge in [-0.1, -0.05) is 6.07 Å². The Hall–Kier alpha value is -2.10. The summed E-state index contributed by atoms with van der Waals surface area (Å²) in [7, 11) is 0. The van der Waals surface area contributed by atoms with Crippen LogP contribution in [0.15, 0.2) is 24.3 Å². The Morgan fingerprint density at radius 2 is 2.16 bits per heavy atom. The highest BCUT2D eigenvalue weighted by Gasteiger charge is 2.24. The molecular formula is C15H17NO3. The minimum atomic E-state index is -0.971. The van der Waals surface area contributed by atoms with Crippen LogP contribution in [0.25, 0.3) is 6.08 Å². The number of nitrogens with one attached hydrogen (secondary N) is 1. The van der Waals surface area contributed by atoms with Crippen molar-refractivity contribution in [1.82, 2.24) is 0 Å². The molecule has 1 aromatic carbocycles. The molecule has 0 bridgehead atoms. The van der Waals surface area contributed by atoms with Gasteiger partial charge in [0, 0.05) is 18.2 Å². The van der Waals surface area contributed by atoms with Gasteiger partial charge in [-0.25, -0.2) is 4.79 Å². The first-order chi connectivity index (χ1) is 9.04. The number of anilines is 1. The zero-order valence-corrected chi connectivity index (χ0v) is 10.8. The molecule has 1 fully saturated rings. The lowest BCUT2D eigenvalue weighted by atomic mass is 10.1. The van der Waals surface area contributed by atoms with E-state index >= 15 is 0 Å². The number of carbonyl (C=O) groups excluding carboxylic acids is 1. The van der Waals surface area contributed by atoms with E-state index in [4.69, 9.17) is 5.11 Å². The molecule has 0 spiro atoms. The minimum Gasteiger partial charge on any atom is -0.478 e. The molecule has 4 nitrogen and oxygen atoms in total. The summed E-state index contributed by atoms with van der Waals surface area (Å²) in [5.41, 5.74) is 2.53. The summed E-state index contributed by atoms with van der Waals surface area (Å²) in [4.78, 5) is 22.1. The number of carboxylic acids is 1. The minimum absolute atomic E-state index is 0.0516. The predicted octanol–water partition coefficient (Wildman–Crippen LogP) is 2.83. The van der Waals surface area contributed by atoms with Crippen LogP contribution in [0.1, 0.15) is 30.4 Å². The Kier molecular flexibility index (Phi) is 4.00. The van der Waals surface area contributed by atoms with Crippen LogP contribution in [0.2, 0.25) is 0 Å². The van der Waals surface area contributed by atoms with Gasteiger partial charge in [0.2, 0.25) is 5.91 Å². The van der Waals surface area contributed by atoms with Crippen molar-refractivity contribution in [3.63, 3.8) is 0 Å². The summed E-state index contributed by atoms with van der Waals surface area (Å²) in [5.74, 6) is -0.351. The summed E-state index contributed by atoms with van der Waals surface area (Å²) in [6, 6.07) is 5.45. The third-order valence-electron chi connectivity index (χ3n) is 3.13. The van der Waals surface area contributed by atoms with Gasteiger partial charge in [0.05, 0.1) is 0 Å². The van der Waals surface area contributed by atoms with Crippen LogP contribution >= 0.6 is 0 Å². The Balaban J connectivity index is 2.01. The van der Waals surface area contributed by atoms with Gasteiger partial charge in [0.1, 0.15) is 0 Å². The Morgan fingerprint density at radius 3 is 2.74 bits per heavy atom. The smallest absolute Gasteiger partial charge is 0.328 e. The molecule has 4 heteroatoms. The molecule has 0 heterocycles. The Labute approximate surface area is 112 Å². The molecule has 100 valence electrons. The second-order valence-corrected chi connectivity index (χ2v) is 4.94. The van der Waals surface area contributed by atoms with Gasteiger partial charge in [-0.3, -0.25) is 4.79 Å². The average molecular weight is 259 g/mol. The zero-order valence-electron chi connectivity index (χ0n) is 10.8. The number of carbonyl (C=O) groups is 2. The second-order valence-electron chi connectivity index (χ2n) is 4.94. The molecule has 0 aromatic heterocycles. The molecule has 1 aromatic rings. The predicted molar refractivity (Wildman–Crippen MR) is 73.8 cm³/mol. The van der Waals surface area contributed by atoms with Crippen molar-refractivity contribution >= 4 is 23.6 Å². The zero-order chi connectivity index (χ0) is 13.8. The van der Waals surface area contributed by atoms with Gasteiger partial charge in [0.15, 0.2) is 0 Å². The molecule has 1 aliphatic rings. The van der Waals surface area contributed by atoms with E-state index in [0.29, 0.717) is 12.3 Å². The van der Waals surface area contributed by atoms with Crippen LogP contribution in [0, 0.1) is 12.8 Å². The van der Waals surface area contributed by atoms with Gasteiger partial charge in [-0.05, 0) is 55.0 Å². The summed E-state index contributed by atoms with van der Waals surface area (Å²) < 4.78 is 0. The van der Waals surface area contributed by atoms with Crippen LogP contribution < -0.4 is 5.32 Å². The normalized spacial score (nSPS) is 14.6. The highest BCUT2D eigenvalue weighted by Crippen LogP contribution is 2.32. The van der Waals surface area contributed by atoms with Crippen molar-refractivity contribution in [2.75, 3.05) is 5.32 Å². The fraction of sp³-hybridized carbons (Fsp3) is 0.333. The van der Waals surface area contributed by atoms with E-state index in [9.17, 15) is 9.59 Å². The van der Waals surface area contributed by atoms with E-state index in [1.54, 1.807) is 12.1 Å². The first kappa shape index (κ1) is 13.3. The fourth-order valence-electron chi connectivity index (χ4n) is 1.90. The SMILES string of the molecule is Cc1cc(NC(=O)CC2CC2)ccc1C=CC(=O)O. The topological polar surface area (TPSA) is 66.4 Å². The van der Waals surface area contributed by atoms with Crippen LogP contribution in [0.4, 0.5) is 5.69 Å². The number of benzene rings is 1. The lowest BCUT2D eigenvalue weighted by Gasteiger charge is -2.07.